The number of nitrogens with one attached hydrogen (secondary N) is 2. The molecule has 2 aliphatic rings. The number of nitrogens with two attached hydrogens (primary N) is 1. The Balaban J connectivity index is 0.00000702. The molecular weight excluding hydrogens is 694 g/mol. The summed E-state index contributed by atoms with van der Waals surface area (Å²) in [5.41, 5.74) is 13.5. The van der Waals surface area contributed by atoms with Crippen LogP contribution in [0.15, 0.2) is 96.8 Å². The Morgan fingerprint density at radius 1 is 0.784 bits per heavy atom. The van der Waals surface area contributed by atoms with Crippen LogP contribution in [0.2, 0.25) is 0 Å². The second kappa shape index (κ2) is 21.3. The zero-order valence-corrected chi connectivity index (χ0v) is 33.6. The minimum atomic E-state index is -0.0774. The number of halogens is 1. The lowest BCUT2D eigenvalue weighted by Crippen LogP contribution is -3.00. The first-order valence-electron chi connectivity index (χ1n) is 19.2. The Morgan fingerprint density at radius 3 is 2.25 bits per heavy atom. The zero-order valence-electron chi connectivity index (χ0n) is 32.0. The van der Waals surface area contributed by atoms with Gasteiger partial charge < -0.3 is 38.2 Å². The number of hydrogen-bond donors (Lipinski definition) is 3. The van der Waals surface area contributed by atoms with Gasteiger partial charge in [0.25, 0.3) is 0 Å². The van der Waals surface area contributed by atoms with Crippen molar-refractivity contribution in [2.75, 3.05) is 44.2 Å². The van der Waals surface area contributed by atoms with Gasteiger partial charge in [0.05, 0.1) is 5.41 Å². The monoisotopic (exact) mass is 757 g/mol. The second-order valence-corrected chi connectivity index (χ2v) is 14.8. The van der Waals surface area contributed by atoms with Gasteiger partial charge in [-0.05, 0) is 89.7 Å². The van der Waals surface area contributed by atoms with E-state index >= 15 is 0 Å². The van der Waals surface area contributed by atoms with Gasteiger partial charge in [0.2, 0.25) is 11.6 Å². The van der Waals surface area contributed by atoms with Crippen LogP contribution in [0.3, 0.4) is 0 Å². The van der Waals surface area contributed by atoms with E-state index in [-0.39, 0.29) is 33.7 Å². The van der Waals surface area contributed by atoms with Gasteiger partial charge in [-0.25, -0.2) is 0 Å². The molecule has 4 N–H and O–H groups in total. The van der Waals surface area contributed by atoms with E-state index in [2.05, 4.69) is 146 Å². The van der Waals surface area contributed by atoms with E-state index in [1.54, 1.807) is 0 Å². The standard InChI is InChI=1S/C44H63N5O.BrH/c1-6-7-34-48-38-25-17-15-23-36(38)43(2,3)40(48)27-12-9-8-10-13-28-41-44(4,5)37-24-16-18-26-39(37)49(41)35-21-11-14-29-42(50)47-33-20-19-31-46-32-22-30-45;/h8-10,12-13,15-18,23-28,46H,6-7,11,14,19-22,29-35,45H2,1-5H3;1H. The molecule has 2 aliphatic heterocycles. The molecule has 0 atom stereocenters. The molecule has 0 spiro atoms. The fourth-order valence-electron chi connectivity index (χ4n) is 7.34. The third-order valence-corrected chi connectivity index (χ3v) is 10.2. The molecule has 1 amide bonds. The number of fused-ring (bicyclic) bond motifs is 2. The summed E-state index contributed by atoms with van der Waals surface area (Å²) in [6, 6.07) is 17.7. The predicted molar refractivity (Wildman–Crippen MR) is 214 cm³/mol. The van der Waals surface area contributed by atoms with Crippen molar-refractivity contribution in [3.63, 3.8) is 0 Å². The minimum absolute atomic E-state index is 0. The number of carbonyl (C=O) groups excluding carboxylic acids is 1. The Kier molecular flexibility index (Phi) is 17.6. The normalized spacial score (nSPS) is 16.8. The van der Waals surface area contributed by atoms with E-state index in [1.165, 1.54) is 46.8 Å². The Labute approximate surface area is 319 Å². The molecule has 2 heterocycles. The third kappa shape index (κ3) is 11.4. The lowest BCUT2D eigenvalue weighted by atomic mass is 9.81. The molecule has 0 aromatic heterocycles. The summed E-state index contributed by atoms with van der Waals surface area (Å²) in [7, 11) is 0. The van der Waals surface area contributed by atoms with Crippen molar-refractivity contribution < 1.29 is 26.4 Å². The largest absolute Gasteiger partial charge is 1.00 e. The van der Waals surface area contributed by atoms with Gasteiger partial charge in [-0.1, -0.05) is 94.0 Å². The van der Waals surface area contributed by atoms with E-state index in [1.807, 2.05) is 0 Å². The maximum atomic E-state index is 12.4. The van der Waals surface area contributed by atoms with Gasteiger partial charge in [-0.3, -0.25) is 4.79 Å². The van der Waals surface area contributed by atoms with Crippen molar-refractivity contribution in [3.05, 3.63) is 108 Å². The summed E-state index contributed by atoms with van der Waals surface area (Å²) in [6.07, 6.45) is 24.4. The van der Waals surface area contributed by atoms with E-state index in [4.69, 9.17) is 5.73 Å². The number of carbonyl (C=O) groups is 1. The van der Waals surface area contributed by atoms with Crippen molar-refractivity contribution in [1.82, 2.24) is 10.6 Å². The molecule has 0 saturated carbocycles. The van der Waals surface area contributed by atoms with Crippen LogP contribution >= 0.6 is 0 Å². The van der Waals surface area contributed by atoms with Crippen LogP contribution < -0.4 is 38.2 Å². The summed E-state index contributed by atoms with van der Waals surface area (Å²) in [6.45, 7) is 17.0. The zero-order chi connectivity index (χ0) is 35.8. The summed E-state index contributed by atoms with van der Waals surface area (Å²) in [5, 5.41) is 6.48. The highest BCUT2D eigenvalue weighted by molar-refractivity contribution is 6.03. The number of nitrogens with zero attached hydrogens (tertiary/aromatic N) is 2. The number of rotatable bonds is 21. The maximum Gasteiger partial charge on any atom is 0.219 e. The van der Waals surface area contributed by atoms with Crippen molar-refractivity contribution in [1.29, 1.82) is 0 Å². The smallest absolute Gasteiger partial charge is 0.219 e. The number of amides is 1. The van der Waals surface area contributed by atoms with E-state index < -0.39 is 0 Å². The van der Waals surface area contributed by atoms with Crippen LogP contribution in [-0.2, 0) is 15.6 Å². The number of hydrogen-bond acceptors (Lipinski definition) is 4. The summed E-state index contributed by atoms with van der Waals surface area (Å²) in [4.78, 5) is 14.9. The third-order valence-electron chi connectivity index (χ3n) is 10.2. The molecule has 0 radical (unpaired) electrons. The first-order valence-corrected chi connectivity index (χ1v) is 19.2. The highest BCUT2D eigenvalue weighted by Gasteiger charge is 2.43. The molecule has 0 unspecified atom stereocenters. The van der Waals surface area contributed by atoms with Crippen molar-refractivity contribution in [2.45, 2.75) is 103 Å². The molecule has 2 aromatic carbocycles. The van der Waals surface area contributed by atoms with Crippen molar-refractivity contribution >= 4 is 23.0 Å². The number of unbranched alkanes of at least 4 members (excludes halogenated alkanes) is 4. The SMILES string of the molecule is CCCCN1/C(=C/C=C/C=C/C=C/C2=[N+](CCCCCC(=O)NCCCCNCCCN)c3ccccc3C2(C)C)C(C)(C)c2ccccc21.[Br-]. The fraction of sp³-hybridized carbons (Fsp3) is 0.500. The van der Waals surface area contributed by atoms with E-state index in [9.17, 15) is 4.79 Å². The second-order valence-electron chi connectivity index (χ2n) is 14.8. The number of para-hydroxylation sites is 2. The van der Waals surface area contributed by atoms with E-state index in [0.717, 1.165) is 77.8 Å². The summed E-state index contributed by atoms with van der Waals surface area (Å²) >= 11 is 0. The molecule has 51 heavy (non-hydrogen) atoms. The molecule has 7 heteroatoms. The van der Waals surface area contributed by atoms with Gasteiger partial charge >= 0.3 is 0 Å². The number of anilines is 1. The van der Waals surface area contributed by atoms with Crippen LogP contribution in [0, 0.1) is 0 Å². The van der Waals surface area contributed by atoms with Gasteiger partial charge in [-0.2, -0.15) is 4.58 Å². The Morgan fingerprint density at radius 2 is 1.47 bits per heavy atom. The highest BCUT2D eigenvalue weighted by atomic mass is 79.9. The molecule has 6 nitrogen and oxygen atoms in total. The van der Waals surface area contributed by atoms with Crippen LogP contribution in [0.4, 0.5) is 11.4 Å². The first-order chi connectivity index (χ1) is 24.2. The molecule has 278 valence electrons. The quantitative estimate of drug-likeness (QED) is 0.0880. The van der Waals surface area contributed by atoms with Gasteiger partial charge in [0.1, 0.15) is 6.54 Å². The van der Waals surface area contributed by atoms with Crippen LogP contribution in [0.1, 0.15) is 104 Å². The van der Waals surface area contributed by atoms with Crippen molar-refractivity contribution in [2.24, 2.45) is 5.73 Å². The van der Waals surface area contributed by atoms with E-state index in [0.29, 0.717) is 6.42 Å². The van der Waals surface area contributed by atoms with Crippen LogP contribution in [-0.4, -0.2) is 55.5 Å². The van der Waals surface area contributed by atoms with Crippen molar-refractivity contribution in [3.8, 4) is 0 Å². The molecular formula is C44H64BrN5O. The lowest BCUT2D eigenvalue weighted by Gasteiger charge is -2.27. The molecule has 0 saturated heterocycles. The number of benzene rings is 2. The topological polar surface area (TPSA) is 73.4 Å². The average molecular weight is 759 g/mol. The molecule has 0 bridgehead atoms. The van der Waals surface area contributed by atoms with Gasteiger partial charge in [0, 0.05) is 60.4 Å². The highest BCUT2D eigenvalue weighted by Crippen LogP contribution is 2.47. The predicted octanol–water partition coefficient (Wildman–Crippen LogP) is 5.61. The average Bonchev–Trinajstić information content (AvgIpc) is 3.46. The summed E-state index contributed by atoms with van der Waals surface area (Å²) in [5.74, 6) is 0.173. The fourth-order valence-corrected chi connectivity index (χ4v) is 7.34. The molecule has 4 rings (SSSR count). The lowest BCUT2D eigenvalue weighted by molar-refractivity contribution is -0.438. The Bertz CT molecular complexity index is 1550. The first kappa shape index (κ1) is 42.2. The molecule has 0 fully saturated rings. The van der Waals surface area contributed by atoms with Crippen LogP contribution in [0.25, 0.3) is 0 Å². The van der Waals surface area contributed by atoms with Crippen LogP contribution in [0.5, 0.6) is 0 Å². The Hall–Kier alpha value is -3.26. The molecule has 2 aromatic rings. The maximum absolute atomic E-state index is 12.4. The molecule has 0 aliphatic carbocycles. The minimum Gasteiger partial charge on any atom is -1.00 e. The summed E-state index contributed by atoms with van der Waals surface area (Å²) < 4.78 is 2.49. The van der Waals surface area contributed by atoms with Gasteiger partial charge in [0.15, 0.2) is 5.71 Å². The van der Waals surface area contributed by atoms with Gasteiger partial charge in [-0.15, -0.1) is 0 Å². The number of allylic oxidation sites excluding steroid dienone is 8.